The van der Waals surface area contributed by atoms with Gasteiger partial charge in [-0.2, -0.15) is 18.3 Å². The van der Waals surface area contributed by atoms with Crippen molar-refractivity contribution in [2.24, 2.45) is 17.5 Å². The van der Waals surface area contributed by atoms with Gasteiger partial charge in [0.15, 0.2) is 11.7 Å². The summed E-state index contributed by atoms with van der Waals surface area (Å²) in [7, 11) is 4.92. The van der Waals surface area contributed by atoms with Crippen LogP contribution in [0.2, 0.25) is 0 Å². The van der Waals surface area contributed by atoms with Gasteiger partial charge in [-0.25, -0.2) is 4.99 Å². The average Bonchev–Trinajstić information content (AvgIpc) is 3.23. The number of carbonyl (C=O) groups excluding carboxylic acids is 1. The Morgan fingerprint density at radius 1 is 1.32 bits per heavy atom. The van der Waals surface area contributed by atoms with Crippen LogP contribution in [0.5, 0.6) is 0 Å². The minimum atomic E-state index is -4.52. The van der Waals surface area contributed by atoms with Crippen molar-refractivity contribution < 1.29 is 18.0 Å². The molecule has 1 aliphatic carbocycles. The van der Waals surface area contributed by atoms with E-state index in [1.165, 1.54) is 13.2 Å². The Hall–Kier alpha value is -2.26. The van der Waals surface area contributed by atoms with E-state index in [9.17, 15) is 18.0 Å². The van der Waals surface area contributed by atoms with Crippen LogP contribution in [0.4, 0.5) is 13.2 Å². The fourth-order valence-corrected chi connectivity index (χ4v) is 3.64. The summed E-state index contributed by atoms with van der Waals surface area (Å²) in [5.41, 5.74) is -1.41. The summed E-state index contributed by atoms with van der Waals surface area (Å²) in [5, 5.41) is 9.69. The highest BCUT2D eigenvalue weighted by atomic mass is 19.4. The van der Waals surface area contributed by atoms with Gasteiger partial charge >= 0.3 is 6.18 Å². The van der Waals surface area contributed by atoms with Crippen LogP contribution >= 0.6 is 0 Å². The van der Waals surface area contributed by atoms with Gasteiger partial charge in [0.2, 0.25) is 5.91 Å². The molecule has 0 saturated heterocycles. The molecule has 158 valence electrons. The summed E-state index contributed by atoms with van der Waals surface area (Å²) in [6, 6.07) is 0. The molecule has 2 N–H and O–H groups in total. The second kappa shape index (κ2) is 8.83. The Kier molecular flexibility index (Phi) is 6.95. The SMILES string of the molecule is CCNC(=NCc1cn(C)nc1C(F)(F)F)NCC1(C(=O)N(C)C)CCCC1. The molecule has 0 aliphatic heterocycles. The lowest BCUT2D eigenvalue weighted by molar-refractivity contribution is -0.142. The topological polar surface area (TPSA) is 74.5 Å². The van der Waals surface area contributed by atoms with E-state index in [4.69, 9.17) is 0 Å². The summed E-state index contributed by atoms with van der Waals surface area (Å²) < 4.78 is 40.4. The Morgan fingerprint density at radius 2 is 1.96 bits per heavy atom. The monoisotopic (exact) mass is 402 g/mol. The molecule has 1 saturated carbocycles. The Bertz CT molecular complexity index is 705. The lowest BCUT2D eigenvalue weighted by Crippen LogP contribution is -2.49. The van der Waals surface area contributed by atoms with Gasteiger partial charge < -0.3 is 15.5 Å². The van der Waals surface area contributed by atoms with Gasteiger partial charge in [-0.15, -0.1) is 0 Å². The van der Waals surface area contributed by atoms with Crippen LogP contribution in [0.25, 0.3) is 0 Å². The first-order valence-electron chi connectivity index (χ1n) is 9.43. The van der Waals surface area contributed by atoms with Crippen molar-refractivity contribution in [3.8, 4) is 0 Å². The van der Waals surface area contributed by atoms with Crippen LogP contribution in [0.15, 0.2) is 11.2 Å². The number of hydrogen-bond acceptors (Lipinski definition) is 3. The fourth-order valence-electron chi connectivity index (χ4n) is 3.64. The molecule has 10 heteroatoms. The minimum Gasteiger partial charge on any atom is -0.357 e. The van der Waals surface area contributed by atoms with Gasteiger partial charge in [0.25, 0.3) is 0 Å². The molecule has 1 amide bonds. The van der Waals surface area contributed by atoms with Crippen LogP contribution in [0.1, 0.15) is 43.9 Å². The number of aryl methyl sites for hydroxylation is 1. The van der Waals surface area contributed by atoms with Crippen LogP contribution < -0.4 is 10.6 Å². The molecule has 1 aromatic heterocycles. The first-order chi connectivity index (χ1) is 13.1. The lowest BCUT2D eigenvalue weighted by Gasteiger charge is -2.31. The van der Waals surface area contributed by atoms with Crippen molar-refractivity contribution in [2.75, 3.05) is 27.2 Å². The second-order valence-electron chi connectivity index (χ2n) is 7.41. The van der Waals surface area contributed by atoms with E-state index < -0.39 is 17.3 Å². The quantitative estimate of drug-likeness (QED) is 0.565. The number of aromatic nitrogens is 2. The molecule has 7 nitrogen and oxygen atoms in total. The van der Waals surface area contributed by atoms with Crippen molar-refractivity contribution >= 4 is 11.9 Å². The predicted octanol–water partition coefficient (Wildman–Crippen LogP) is 2.14. The van der Waals surface area contributed by atoms with E-state index in [1.54, 1.807) is 19.0 Å². The lowest BCUT2D eigenvalue weighted by atomic mass is 9.84. The van der Waals surface area contributed by atoms with Gasteiger partial charge in [-0.3, -0.25) is 9.48 Å². The molecular weight excluding hydrogens is 373 g/mol. The molecule has 1 aromatic rings. The van der Waals surface area contributed by atoms with E-state index in [1.807, 2.05) is 6.92 Å². The van der Waals surface area contributed by atoms with Crippen molar-refractivity contribution in [1.82, 2.24) is 25.3 Å². The molecule has 1 fully saturated rings. The maximum atomic E-state index is 13.1. The third-order valence-electron chi connectivity index (χ3n) is 4.94. The van der Waals surface area contributed by atoms with E-state index >= 15 is 0 Å². The van der Waals surface area contributed by atoms with Gasteiger partial charge in [0.05, 0.1) is 12.0 Å². The zero-order valence-corrected chi connectivity index (χ0v) is 16.9. The zero-order chi connectivity index (χ0) is 20.9. The molecule has 0 unspecified atom stereocenters. The Labute approximate surface area is 163 Å². The van der Waals surface area contributed by atoms with Gasteiger partial charge in [0.1, 0.15) is 0 Å². The summed E-state index contributed by atoms with van der Waals surface area (Å²) in [6.07, 6.45) is 0.349. The number of guanidine groups is 1. The largest absolute Gasteiger partial charge is 0.435 e. The number of aliphatic imine (C=N–C) groups is 1. The number of carbonyl (C=O) groups is 1. The number of rotatable bonds is 6. The van der Waals surface area contributed by atoms with E-state index in [-0.39, 0.29) is 18.0 Å². The third kappa shape index (κ3) is 5.17. The smallest absolute Gasteiger partial charge is 0.357 e. The van der Waals surface area contributed by atoms with E-state index in [0.717, 1.165) is 30.4 Å². The molecule has 2 rings (SSSR count). The fraction of sp³-hybridized carbons (Fsp3) is 0.722. The highest BCUT2D eigenvalue weighted by Crippen LogP contribution is 2.39. The van der Waals surface area contributed by atoms with Crippen LogP contribution in [-0.4, -0.2) is 53.7 Å². The molecule has 0 radical (unpaired) electrons. The number of alkyl halides is 3. The maximum absolute atomic E-state index is 13.1. The first-order valence-corrected chi connectivity index (χ1v) is 9.43. The molecule has 1 aliphatic rings. The minimum absolute atomic E-state index is 0.00662. The molecule has 28 heavy (non-hydrogen) atoms. The summed E-state index contributed by atoms with van der Waals surface area (Å²) >= 11 is 0. The number of nitrogens with one attached hydrogen (secondary N) is 2. The number of nitrogens with zero attached hydrogens (tertiary/aromatic N) is 4. The van der Waals surface area contributed by atoms with Crippen LogP contribution in [0.3, 0.4) is 0 Å². The van der Waals surface area contributed by atoms with Crippen molar-refractivity contribution in [3.05, 3.63) is 17.5 Å². The standard InChI is InChI=1S/C18H29F3N6O/c1-5-22-16(23-10-13-11-27(4)25-14(13)18(19,20)21)24-12-17(8-6-7-9-17)15(28)26(2)3/h11H,5-10,12H2,1-4H3,(H2,22,23,24). The third-order valence-corrected chi connectivity index (χ3v) is 4.94. The maximum Gasteiger partial charge on any atom is 0.435 e. The highest BCUT2D eigenvalue weighted by Gasteiger charge is 2.42. The Balaban J connectivity index is 2.14. The highest BCUT2D eigenvalue weighted by molar-refractivity contribution is 5.85. The molecule has 0 bridgehead atoms. The normalized spacial score (nSPS) is 16.9. The molecular formula is C18H29F3N6O. The zero-order valence-electron chi connectivity index (χ0n) is 16.9. The summed E-state index contributed by atoms with van der Waals surface area (Å²) in [4.78, 5) is 18.5. The average molecular weight is 402 g/mol. The van der Waals surface area contributed by atoms with Crippen LogP contribution in [-0.2, 0) is 24.6 Å². The summed E-state index contributed by atoms with van der Waals surface area (Å²) in [5.74, 6) is 0.456. The number of halogens is 3. The second-order valence-corrected chi connectivity index (χ2v) is 7.41. The molecule has 0 aromatic carbocycles. The van der Waals surface area contributed by atoms with Crippen LogP contribution in [0, 0.1) is 5.41 Å². The predicted molar refractivity (Wildman–Crippen MR) is 101 cm³/mol. The molecule has 1 heterocycles. The molecule has 0 atom stereocenters. The summed E-state index contributed by atoms with van der Waals surface area (Å²) in [6.45, 7) is 2.67. The number of hydrogen-bond donors (Lipinski definition) is 2. The van der Waals surface area contributed by atoms with Gasteiger partial charge in [-0.1, -0.05) is 12.8 Å². The molecule has 0 spiro atoms. The van der Waals surface area contributed by atoms with E-state index in [2.05, 4.69) is 20.7 Å². The van der Waals surface area contributed by atoms with Gasteiger partial charge in [0, 0.05) is 46.0 Å². The van der Waals surface area contributed by atoms with E-state index in [0.29, 0.717) is 19.0 Å². The Morgan fingerprint density at radius 3 is 2.50 bits per heavy atom. The number of amides is 1. The first kappa shape index (κ1) is 22.0. The van der Waals surface area contributed by atoms with Gasteiger partial charge in [-0.05, 0) is 19.8 Å². The van der Waals surface area contributed by atoms with Crippen molar-refractivity contribution in [2.45, 2.75) is 45.3 Å². The van der Waals surface area contributed by atoms with Crippen molar-refractivity contribution in [1.29, 1.82) is 0 Å². The van der Waals surface area contributed by atoms with Crippen molar-refractivity contribution in [3.63, 3.8) is 0 Å².